The second kappa shape index (κ2) is 12.9. The van der Waals surface area contributed by atoms with Gasteiger partial charge in [0.25, 0.3) is 0 Å². The van der Waals surface area contributed by atoms with Gasteiger partial charge in [-0.1, -0.05) is 12.1 Å². The van der Waals surface area contributed by atoms with Crippen LogP contribution in [0.15, 0.2) is 24.3 Å². The molecule has 0 aliphatic heterocycles. The maximum atomic E-state index is 5.95. The molecule has 0 fully saturated rings. The lowest BCUT2D eigenvalue weighted by Gasteiger charge is -2.38. The van der Waals surface area contributed by atoms with Crippen LogP contribution in [0.4, 0.5) is 0 Å². The molecule has 0 aliphatic rings. The first kappa shape index (κ1) is 23.6. The molecule has 140 valence electrons. The maximum Gasteiger partial charge on any atom is 0.207 e. The summed E-state index contributed by atoms with van der Waals surface area (Å²) in [7, 11) is 0. The van der Waals surface area contributed by atoms with Gasteiger partial charge in [-0.25, -0.2) is 0 Å². The van der Waals surface area contributed by atoms with Crippen LogP contribution >= 0.6 is 0 Å². The Kier molecular flexibility index (Phi) is 12.7. The van der Waals surface area contributed by atoms with Gasteiger partial charge in [0, 0.05) is 13.2 Å². The van der Waals surface area contributed by atoms with Crippen molar-refractivity contribution in [1.29, 1.82) is 0 Å². The van der Waals surface area contributed by atoms with Crippen LogP contribution in [0.1, 0.15) is 33.3 Å². The molecule has 0 N–H and O–H groups in total. The van der Waals surface area contributed by atoms with Gasteiger partial charge in [0.1, 0.15) is 25.4 Å². The van der Waals surface area contributed by atoms with Gasteiger partial charge in [-0.3, -0.25) is 0 Å². The Bertz CT molecular complexity index is 432. The number of benzene rings is 1. The molecule has 0 aromatic heterocycles. The molecule has 0 saturated carbocycles. The quantitative estimate of drug-likeness (QED) is 0.265. The van der Waals surface area contributed by atoms with Gasteiger partial charge in [0.05, 0.1) is 13.1 Å². The monoisotopic (exact) mass is 451 g/mol. The summed E-state index contributed by atoms with van der Waals surface area (Å²) in [6.45, 7) is 16.5. The van der Waals surface area contributed by atoms with E-state index in [1.807, 2.05) is 26.0 Å². The molecule has 0 spiro atoms. The third kappa shape index (κ3) is 8.14. The van der Waals surface area contributed by atoms with Crippen LogP contribution in [-0.2, 0) is 9.47 Å². The number of likely N-dealkylation sites (N-methyl/N-ethyl adjacent to an activating group) is 1. The highest BCUT2D eigenvalue weighted by Gasteiger charge is 2.28. The summed E-state index contributed by atoms with van der Waals surface area (Å²) < 4.78 is 18.4. The van der Waals surface area contributed by atoms with Gasteiger partial charge in [0.15, 0.2) is 0 Å². The van der Waals surface area contributed by atoms with E-state index in [-0.39, 0.29) is 30.3 Å². The molecular formula is C19H34INO3. The van der Waals surface area contributed by atoms with Crippen LogP contribution in [0.3, 0.4) is 0 Å². The normalized spacial score (nSPS) is 11.4. The number of aryl methyl sites for hydroxylation is 1. The van der Waals surface area contributed by atoms with Crippen molar-refractivity contribution < 1.29 is 42.7 Å². The molecule has 0 bridgehead atoms. The highest BCUT2D eigenvalue weighted by molar-refractivity contribution is 5.27. The summed E-state index contributed by atoms with van der Waals surface area (Å²) in [5.74, 6) is 0.946. The average Bonchev–Trinajstić information content (AvgIpc) is 2.54. The Hall–Kier alpha value is -0.370. The van der Waals surface area contributed by atoms with Crippen LogP contribution < -0.4 is 28.7 Å². The van der Waals surface area contributed by atoms with Crippen LogP contribution in [0.5, 0.6) is 5.75 Å². The standard InChI is InChI=1S/C19H34NO3.HI/c1-6-20(7-2,16-19(21-8-3)22-9-4)13-14-23-18-12-10-11-17(5)15-18;/h10-12,15,19H,6-9,13-14,16H2,1-5H3;1H/q+1;/p-1. The predicted molar refractivity (Wildman–Crippen MR) is 94.8 cm³/mol. The summed E-state index contributed by atoms with van der Waals surface area (Å²) in [4.78, 5) is 0. The number of quaternary nitrogens is 1. The summed E-state index contributed by atoms with van der Waals surface area (Å²) in [5.41, 5.74) is 1.22. The fourth-order valence-corrected chi connectivity index (χ4v) is 2.79. The number of nitrogens with zero attached hydrogens (tertiary/aromatic N) is 1. The van der Waals surface area contributed by atoms with Gasteiger partial charge in [-0.2, -0.15) is 0 Å². The van der Waals surface area contributed by atoms with E-state index in [4.69, 9.17) is 14.2 Å². The number of hydrogen-bond donors (Lipinski definition) is 0. The zero-order valence-corrected chi connectivity index (χ0v) is 18.0. The lowest BCUT2D eigenvalue weighted by Crippen LogP contribution is -3.00. The Labute approximate surface area is 165 Å². The summed E-state index contributed by atoms with van der Waals surface area (Å²) in [5, 5.41) is 0. The Morgan fingerprint density at radius 1 is 1.00 bits per heavy atom. The fraction of sp³-hybridized carbons (Fsp3) is 0.684. The van der Waals surface area contributed by atoms with E-state index in [9.17, 15) is 0 Å². The van der Waals surface area contributed by atoms with Crippen LogP contribution in [0.2, 0.25) is 0 Å². The molecule has 24 heavy (non-hydrogen) atoms. The summed E-state index contributed by atoms with van der Waals surface area (Å²) in [6, 6.07) is 8.21. The average molecular weight is 451 g/mol. The van der Waals surface area contributed by atoms with Crippen molar-refractivity contribution in [2.45, 2.75) is 40.9 Å². The molecule has 0 amide bonds. The van der Waals surface area contributed by atoms with E-state index in [1.54, 1.807) is 0 Å². The highest BCUT2D eigenvalue weighted by atomic mass is 127. The van der Waals surface area contributed by atoms with Crippen molar-refractivity contribution in [3.05, 3.63) is 29.8 Å². The van der Waals surface area contributed by atoms with Crippen LogP contribution in [0, 0.1) is 6.92 Å². The third-order valence-electron chi connectivity index (χ3n) is 4.41. The minimum atomic E-state index is -0.135. The molecular weight excluding hydrogens is 417 g/mol. The lowest BCUT2D eigenvalue weighted by atomic mass is 10.2. The third-order valence-corrected chi connectivity index (χ3v) is 4.41. The van der Waals surface area contributed by atoms with Crippen molar-refractivity contribution in [3.63, 3.8) is 0 Å². The first-order valence-corrected chi connectivity index (χ1v) is 8.86. The van der Waals surface area contributed by atoms with Crippen molar-refractivity contribution >= 4 is 0 Å². The van der Waals surface area contributed by atoms with E-state index in [0.717, 1.165) is 36.4 Å². The topological polar surface area (TPSA) is 27.7 Å². The fourth-order valence-electron chi connectivity index (χ4n) is 2.79. The number of hydrogen-bond acceptors (Lipinski definition) is 3. The maximum absolute atomic E-state index is 5.95. The molecule has 0 atom stereocenters. The molecule has 1 rings (SSSR count). The van der Waals surface area contributed by atoms with E-state index >= 15 is 0 Å². The molecule has 0 unspecified atom stereocenters. The van der Waals surface area contributed by atoms with Gasteiger partial charge in [-0.15, -0.1) is 0 Å². The molecule has 1 aromatic rings. The van der Waals surface area contributed by atoms with Gasteiger partial charge >= 0.3 is 0 Å². The number of halogens is 1. The van der Waals surface area contributed by atoms with Gasteiger partial charge in [-0.05, 0) is 52.3 Å². The Morgan fingerprint density at radius 3 is 2.12 bits per heavy atom. The van der Waals surface area contributed by atoms with Crippen LogP contribution in [0.25, 0.3) is 0 Å². The Morgan fingerprint density at radius 2 is 1.62 bits per heavy atom. The highest BCUT2D eigenvalue weighted by Crippen LogP contribution is 2.15. The molecule has 5 heteroatoms. The zero-order chi connectivity index (χ0) is 17.1. The molecule has 4 nitrogen and oxygen atoms in total. The minimum Gasteiger partial charge on any atom is -1.00 e. The first-order valence-electron chi connectivity index (χ1n) is 8.86. The van der Waals surface area contributed by atoms with E-state index in [0.29, 0.717) is 19.8 Å². The molecule has 1 aromatic carbocycles. The lowest BCUT2D eigenvalue weighted by molar-refractivity contribution is -0.930. The SMILES string of the molecule is CCOC(C[N+](CC)(CC)CCOc1cccc(C)c1)OCC.[I-]. The largest absolute Gasteiger partial charge is 1.00 e. The predicted octanol–water partition coefficient (Wildman–Crippen LogP) is 0.634. The van der Waals surface area contributed by atoms with Crippen molar-refractivity contribution in [1.82, 2.24) is 0 Å². The van der Waals surface area contributed by atoms with E-state index in [1.165, 1.54) is 5.56 Å². The first-order chi connectivity index (χ1) is 11.1. The molecule has 0 saturated heterocycles. The minimum absolute atomic E-state index is 0. The Balaban J connectivity index is 0.00000529. The van der Waals surface area contributed by atoms with Crippen LogP contribution in [-0.4, -0.2) is 56.8 Å². The number of rotatable bonds is 12. The second-order valence-corrected chi connectivity index (χ2v) is 5.89. The molecule has 0 radical (unpaired) electrons. The van der Waals surface area contributed by atoms with E-state index < -0.39 is 0 Å². The second-order valence-electron chi connectivity index (χ2n) is 5.89. The van der Waals surface area contributed by atoms with Gasteiger partial charge in [0.2, 0.25) is 6.29 Å². The van der Waals surface area contributed by atoms with E-state index in [2.05, 4.69) is 32.9 Å². The van der Waals surface area contributed by atoms with Crippen molar-refractivity contribution in [2.24, 2.45) is 0 Å². The summed E-state index contributed by atoms with van der Waals surface area (Å²) >= 11 is 0. The van der Waals surface area contributed by atoms with Crippen molar-refractivity contribution in [3.8, 4) is 5.75 Å². The number of ether oxygens (including phenoxy) is 3. The van der Waals surface area contributed by atoms with Gasteiger partial charge < -0.3 is 42.7 Å². The van der Waals surface area contributed by atoms with Crippen molar-refractivity contribution in [2.75, 3.05) is 46.0 Å². The molecule has 0 heterocycles. The smallest absolute Gasteiger partial charge is 0.207 e. The zero-order valence-electron chi connectivity index (χ0n) is 15.9. The molecule has 0 aliphatic carbocycles. The summed E-state index contributed by atoms with van der Waals surface area (Å²) in [6.07, 6.45) is -0.135.